The van der Waals surface area contributed by atoms with E-state index >= 15 is 0 Å². The summed E-state index contributed by atoms with van der Waals surface area (Å²) in [5.74, 6) is 0.889. The van der Waals surface area contributed by atoms with E-state index in [1.165, 1.54) is 0 Å². The van der Waals surface area contributed by atoms with E-state index in [1.54, 1.807) is 19.2 Å². The van der Waals surface area contributed by atoms with Crippen LogP contribution in [0.1, 0.15) is 24.8 Å². The summed E-state index contributed by atoms with van der Waals surface area (Å²) in [6.07, 6.45) is 3.38. The zero-order valence-electron chi connectivity index (χ0n) is 10.4. The van der Waals surface area contributed by atoms with Gasteiger partial charge in [0.25, 0.3) is 0 Å². The molecule has 0 aromatic heterocycles. The maximum absolute atomic E-state index is 11.2. The van der Waals surface area contributed by atoms with Crippen LogP contribution in [0, 0.1) is 0 Å². The van der Waals surface area contributed by atoms with Crippen LogP contribution in [0.25, 0.3) is 0 Å². The predicted octanol–water partition coefficient (Wildman–Crippen LogP) is 3.46. The Labute approximate surface area is 125 Å². The molecule has 0 aliphatic heterocycles. The van der Waals surface area contributed by atoms with Crippen LogP contribution in [0.5, 0.6) is 11.5 Å². The molecule has 0 bridgehead atoms. The number of rotatable bonds is 5. The zero-order chi connectivity index (χ0) is 14.0. The highest BCUT2D eigenvalue weighted by Gasteiger charge is 2.22. The van der Waals surface area contributed by atoms with Crippen LogP contribution < -0.4 is 9.47 Å². The van der Waals surface area contributed by atoms with Gasteiger partial charge in [-0.3, -0.25) is 0 Å². The van der Waals surface area contributed by atoms with Crippen molar-refractivity contribution in [3.8, 4) is 11.5 Å². The van der Waals surface area contributed by atoms with E-state index in [0.717, 1.165) is 19.3 Å². The van der Waals surface area contributed by atoms with Gasteiger partial charge < -0.3 is 9.47 Å². The SMILES string of the molecule is COc1cc(Br)c(CS(=O)(=O)Cl)cc1OC1CCC1. The largest absolute Gasteiger partial charge is 0.493 e. The molecule has 0 amide bonds. The quantitative estimate of drug-likeness (QED) is 0.746. The Balaban J connectivity index is 2.30. The fourth-order valence-corrected chi connectivity index (χ4v) is 3.40. The van der Waals surface area contributed by atoms with Crippen molar-refractivity contribution in [2.75, 3.05) is 7.11 Å². The van der Waals surface area contributed by atoms with Crippen molar-refractivity contribution < 1.29 is 17.9 Å². The summed E-state index contributed by atoms with van der Waals surface area (Å²) in [6, 6.07) is 3.37. The van der Waals surface area contributed by atoms with Gasteiger partial charge in [-0.1, -0.05) is 15.9 Å². The molecule has 0 atom stereocenters. The molecular formula is C12H14BrClO4S. The summed E-state index contributed by atoms with van der Waals surface area (Å²) in [5.41, 5.74) is 0.560. The number of ether oxygens (including phenoxy) is 2. The van der Waals surface area contributed by atoms with Crippen LogP contribution in [0.4, 0.5) is 0 Å². The first kappa shape index (κ1) is 14.9. The van der Waals surface area contributed by atoms with Crippen molar-refractivity contribution in [2.45, 2.75) is 31.1 Å². The smallest absolute Gasteiger partial charge is 0.236 e. The Morgan fingerprint density at radius 1 is 1.37 bits per heavy atom. The molecule has 0 heterocycles. The highest BCUT2D eigenvalue weighted by atomic mass is 79.9. The van der Waals surface area contributed by atoms with E-state index in [1.807, 2.05) is 0 Å². The number of hydrogen-bond donors (Lipinski definition) is 0. The molecule has 0 radical (unpaired) electrons. The molecule has 0 saturated heterocycles. The Morgan fingerprint density at radius 2 is 2.05 bits per heavy atom. The molecule has 106 valence electrons. The summed E-state index contributed by atoms with van der Waals surface area (Å²) >= 11 is 3.31. The third kappa shape index (κ3) is 4.00. The first-order valence-corrected chi connectivity index (χ1v) is 9.11. The van der Waals surface area contributed by atoms with E-state index in [0.29, 0.717) is 21.5 Å². The number of methoxy groups -OCH3 is 1. The second-order valence-corrected chi connectivity index (χ2v) is 8.08. The van der Waals surface area contributed by atoms with Crippen LogP contribution in [0.2, 0.25) is 0 Å². The van der Waals surface area contributed by atoms with Crippen molar-refractivity contribution in [3.05, 3.63) is 22.2 Å². The molecule has 1 aliphatic rings. The Bertz CT molecular complexity index is 569. The Hall–Kier alpha value is -0.460. The minimum Gasteiger partial charge on any atom is -0.493 e. The van der Waals surface area contributed by atoms with Gasteiger partial charge in [-0.2, -0.15) is 0 Å². The second kappa shape index (κ2) is 5.89. The van der Waals surface area contributed by atoms with Gasteiger partial charge in [0.2, 0.25) is 9.05 Å². The third-order valence-corrected chi connectivity index (χ3v) is 4.73. The van der Waals surface area contributed by atoms with Gasteiger partial charge in [-0.05, 0) is 37.0 Å². The van der Waals surface area contributed by atoms with Gasteiger partial charge in [-0.15, -0.1) is 0 Å². The fourth-order valence-electron chi connectivity index (χ4n) is 1.79. The lowest BCUT2D eigenvalue weighted by molar-refractivity contribution is 0.116. The van der Waals surface area contributed by atoms with Gasteiger partial charge in [0.15, 0.2) is 11.5 Å². The van der Waals surface area contributed by atoms with Crippen molar-refractivity contribution in [3.63, 3.8) is 0 Å². The van der Waals surface area contributed by atoms with E-state index < -0.39 is 9.05 Å². The molecule has 0 unspecified atom stereocenters. The molecule has 1 fully saturated rings. The highest BCUT2D eigenvalue weighted by molar-refractivity contribution is 9.10. The lowest BCUT2D eigenvalue weighted by Crippen LogP contribution is -2.24. The first-order chi connectivity index (χ1) is 8.89. The van der Waals surface area contributed by atoms with Crippen LogP contribution >= 0.6 is 26.6 Å². The summed E-state index contributed by atoms with van der Waals surface area (Å²) in [4.78, 5) is 0. The van der Waals surface area contributed by atoms with E-state index in [4.69, 9.17) is 20.2 Å². The Kier molecular flexibility index (Phi) is 4.63. The third-order valence-electron chi connectivity index (χ3n) is 3.01. The molecule has 2 rings (SSSR count). The maximum Gasteiger partial charge on any atom is 0.236 e. The van der Waals surface area contributed by atoms with Crippen LogP contribution in [0.3, 0.4) is 0 Å². The number of halogens is 2. The van der Waals surface area contributed by atoms with Crippen LogP contribution in [0.15, 0.2) is 16.6 Å². The van der Waals surface area contributed by atoms with E-state index in [2.05, 4.69) is 15.9 Å². The lowest BCUT2D eigenvalue weighted by atomic mass is 9.96. The molecule has 1 aromatic rings. The lowest BCUT2D eigenvalue weighted by Gasteiger charge is -2.27. The summed E-state index contributed by atoms with van der Waals surface area (Å²) in [6.45, 7) is 0. The minimum atomic E-state index is -3.61. The zero-order valence-corrected chi connectivity index (χ0v) is 13.5. The molecule has 4 nitrogen and oxygen atoms in total. The second-order valence-electron chi connectivity index (χ2n) is 4.45. The van der Waals surface area contributed by atoms with Gasteiger partial charge in [0.1, 0.15) is 0 Å². The normalized spacial score (nSPS) is 15.9. The van der Waals surface area contributed by atoms with Gasteiger partial charge in [0, 0.05) is 15.2 Å². The van der Waals surface area contributed by atoms with Gasteiger partial charge >= 0.3 is 0 Å². The van der Waals surface area contributed by atoms with E-state index in [-0.39, 0.29) is 11.9 Å². The van der Waals surface area contributed by atoms with Crippen molar-refractivity contribution >= 4 is 35.7 Å². The van der Waals surface area contributed by atoms with Crippen molar-refractivity contribution in [1.29, 1.82) is 0 Å². The predicted molar refractivity (Wildman–Crippen MR) is 77.4 cm³/mol. The topological polar surface area (TPSA) is 52.6 Å². The molecule has 1 saturated carbocycles. The molecule has 7 heteroatoms. The average Bonchev–Trinajstić information content (AvgIpc) is 2.25. The Morgan fingerprint density at radius 3 is 2.53 bits per heavy atom. The summed E-state index contributed by atoms with van der Waals surface area (Å²) < 4.78 is 34.0. The van der Waals surface area contributed by atoms with Crippen molar-refractivity contribution in [2.24, 2.45) is 0 Å². The number of benzene rings is 1. The maximum atomic E-state index is 11.2. The molecule has 19 heavy (non-hydrogen) atoms. The van der Waals surface area contributed by atoms with Crippen molar-refractivity contribution in [1.82, 2.24) is 0 Å². The molecule has 0 spiro atoms. The summed E-state index contributed by atoms with van der Waals surface area (Å²) in [7, 11) is 3.23. The molecule has 1 aliphatic carbocycles. The molecule has 1 aromatic carbocycles. The average molecular weight is 370 g/mol. The molecular weight excluding hydrogens is 356 g/mol. The van der Waals surface area contributed by atoms with Gasteiger partial charge in [-0.25, -0.2) is 8.42 Å². The van der Waals surface area contributed by atoms with Gasteiger partial charge in [0.05, 0.1) is 19.0 Å². The standard InChI is InChI=1S/C12H14BrClO4S/c1-17-11-6-10(13)8(7-19(14,15)16)5-12(11)18-9-3-2-4-9/h5-6,9H,2-4,7H2,1H3. The minimum absolute atomic E-state index is 0.190. The fraction of sp³-hybridized carbons (Fsp3) is 0.500. The van der Waals surface area contributed by atoms with Crippen LogP contribution in [-0.2, 0) is 14.8 Å². The monoisotopic (exact) mass is 368 g/mol. The summed E-state index contributed by atoms with van der Waals surface area (Å²) in [5, 5.41) is 0. The highest BCUT2D eigenvalue weighted by Crippen LogP contribution is 2.37. The number of hydrogen-bond acceptors (Lipinski definition) is 4. The van der Waals surface area contributed by atoms with E-state index in [9.17, 15) is 8.42 Å². The molecule has 0 N–H and O–H groups in total. The first-order valence-electron chi connectivity index (χ1n) is 5.84. The van der Waals surface area contributed by atoms with Crippen LogP contribution in [-0.4, -0.2) is 21.6 Å².